The van der Waals surface area contributed by atoms with Gasteiger partial charge in [-0.05, 0) is 50.0 Å². The number of carbonyl (C=O) groups excluding carboxylic acids is 2. The predicted molar refractivity (Wildman–Crippen MR) is 112 cm³/mol. The fourth-order valence-electron chi connectivity index (χ4n) is 5.71. The molecule has 0 aromatic heterocycles. The summed E-state index contributed by atoms with van der Waals surface area (Å²) in [6, 6.07) is 17.7. The quantitative estimate of drug-likeness (QED) is 0.705. The molecule has 0 aliphatic heterocycles. The summed E-state index contributed by atoms with van der Waals surface area (Å²) in [6.45, 7) is 5.73. The zero-order valence-electron chi connectivity index (χ0n) is 17.5. The summed E-state index contributed by atoms with van der Waals surface area (Å²) in [4.78, 5) is 26.9. The zero-order chi connectivity index (χ0) is 21.0. The third-order valence-corrected chi connectivity index (χ3v) is 7.14. The van der Waals surface area contributed by atoms with E-state index in [9.17, 15) is 9.59 Å². The summed E-state index contributed by atoms with van der Waals surface area (Å²) in [5, 5.41) is 0. The van der Waals surface area contributed by atoms with Gasteiger partial charge < -0.3 is 9.47 Å². The Bertz CT molecular complexity index is 1040. The number of ether oxygens (including phenoxy) is 2. The minimum atomic E-state index is -0.994. The third kappa shape index (κ3) is 2.26. The average Bonchev–Trinajstić information content (AvgIpc) is 3.02. The van der Waals surface area contributed by atoms with Crippen LogP contribution >= 0.6 is 0 Å². The van der Waals surface area contributed by atoms with Crippen molar-refractivity contribution in [3.8, 4) is 5.75 Å². The number of allylic oxidation sites excluding steroid dienone is 2. The molecular weight excluding hydrogens is 364 g/mol. The van der Waals surface area contributed by atoms with E-state index >= 15 is 0 Å². The minimum Gasteiger partial charge on any atom is -0.496 e. The summed E-state index contributed by atoms with van der Waals surface area (Å²) in [7, 11) is 3.03. The molecule has 1 fully saturated rings. The summed E-state index contributed by atoms with van der Waals surface area (Å²) >= 11 is 0. The van der Waals surface area contributed by atoms with Crippen molar-refractivity contribution in [1.82, 2.24) is 0 Å². The Labute approximate surface area is 171 Å². The van der Waals surface area contributed by atoms with Gasteiger partial charge in [-0.2, -0.15) is 0 Å². The Balaban J connectivity index is 2.12. The van der Waals surface area contributed by atoms with E-state index in [2.05, 4.69) is 0 Å². The monoisotopic (exact) mass is 390 g/mol. The molecule has 0 radical (unpaired) electrons. The van der Waals surface area contributed by atoms with Gasteiger partial charge >= 0.3 is 5.97 Å². The molecule has 150 valence electrons. The van der Waals surface area contributed by atoms with Gasteiger partial charge in [0.15, 0.2) is 5.78 Å². The van der Waals surface area contributed by atoms with E-state index in [1.165, 1.54) is 7.11 Å². The second-order valence-electron chi connectivity index (χ2n) is 8.60. The largest absolute Gasteiger partial charge is 0.496 e. The number of hydrogen-bond acceptors (Lipinski definition) is 4. The molecule has 0 spiro atoms. The Kier molecular flexibility index (Phi) is 4.23. The number of esters is 1. The van der Waals surface area contributed by atoms with E-state index in [1.54, 1.807) is 7.11 Å². The molecule has 0 amide bonds. The smallest absolute Gasteiger partial charge is 0.312 e. The maximum atomic E-state index is 13.9. The number of carbonyl (C=O) groups is 2. The fourth-order valence-corrected chi connectivity index (χ4v) is 5.71. The van der Waals surface area contributed by atoms with Crippen molar-refractivity contribution in [3.05, 3.63) is 65.7 Å². The van der Waals surface area contributed by atoms with Crippen LogP contribution in [-0.2, 0) is 14.3 Å². The van der Waals surface area contributed by atoms with Crippen molar-refractivity contribution in [2.45, 2.75) is 27.2 Å². The number of Topliss-reactive ketones (excluding diaryl/α,β-unsaturated/α-hetero) is 1. The zero-order valence-corrected chi connectivity index (χ0v) is 17.5. The molecule has 1 saturated carbocycles. The van der Waals surface area contributed by atoms with Gasteiger partial charge in [0.1, 0.15) is 5.75 Å². The number of hydrogen-bond donors (Lipinski definition) is 0. The Hall–Kier alpha value is -2.88. The highest BCUT2D eigenvalue weighted by Crippen LogP contribution is 2.74. The topological polar surface area (TPSA) is 52.6 Å². The van der Waals surface area contributed by atoms with Crippen LogP contribution in [0.25, 0.3) is 11.1 Å². The van der Waals surface area contributed by atoms with Crippen LogP contribution in [0.4, 0.5) is 0 Å². The molecule has 2 aromatic rings. The molecule has 2 aliphatic rings. The maximum absolute atomic E-state index is 13.9. The molecule has 4 rings (SSSR count). The van der Waals surface area contributed by atoms with Crippen molar-refractivity contribution in [2.75, 3.05) is 14.2 Å². The van der Waals surface area contributed by atoms with Crippen molar-refractivity contribution in [1.29, 1.82) is 0 Å². The molecule has 29 heavy (non-hydrogen) atoms. The van der Waals surface area contributed by atoms with Crippen LogP contribution in [0.15, 0.2) is 54.6 Å². The Morgan fingerprint density at radius 1 is 0.897 bits per heavy atom. The van der Waals surface area contributed by atoms with Gasteiger partial charge in [-0.1, -0.05) is 48.5 Å². The first-order chi connectivity index (χ1) is 13.8. The predicted octanol–water partition coefficient (Wildman–Crippen LogP) is 4.78. The number of rotatable bonds is 4. The normalized spacial score (nSPS) is 30.6. The van der Waals surface area contributed by atoms with Crippen LogP contribution < -0.4 is 4.74 Å². The molecule has 2 aromatic carbocycles. The van der Waals surface area contributed by atoms with Crippen LogP contribution in [0.2, 0.25) is 0 Å². The highest BCUT2D eigenvalue weighted by molar-refractivity contribution is 6.25. The number of fused-ring (bicyclic) bond motifs is 2. The van der Waals surface area contributed by atoms with E-state index in [0.717, 1.165) is 28.0 Å². The van der Waals surface area contributed by atoms with E-state index in [1.807, 2.05) is 75.4 Å². The average molecular weight is 390 g/mol. The molecule has 3 atom stereocenters. The summed E-state index contributed by atoms with van der Waals surface area (Å²) in [6.07, 6.45) is 0.408. The first-order valence-electron chi connectivity index (χ1n) is 9.83. The summed E-state index contributed by atoms with van der Waals surface area (Å²) in [5.74, 6) is 0.447. The van der Waals surface area contributed by atoms with E-state index < -0.39 is 16.2 Å². The van der Waals surface area contributed by atoms with Gasteiger partial charge in [0.05, 0.1) is 30.5 Å². The lowest BCUT2D eigenvalue weighted by Crippen LogP contribution is -2.44. The van der Waals surface area contributed by atoms with Gasteiger partial charge in [-0.3, -0.25) is 9.59 Å². The number of ketones is 1. The first-order valence-corrected chi connectivity index (χ1v) is 9.83. The SMILES string of the molecule is COC(=O)[C@]1(C)C[C@@]2(C)C(=O)[C@]1(C)C(c1ccccc1)=C2c1ccccc1OC. The highest BCUT2D eigenvalue weighted by atomic mass is 16.5. The number of para-hydroxylation sites is 1. The van der Waals surface area contributed by atoms with Crippen LogP contribution in [-0.4, -0.2) is 26.0 Å². The van der Waals surface area contributed by atoms with Crippen LogP contribution in [0, 0.1) is 16.2 Å². The van der Waals surface area contributed by atoms with Gasteiger partial charge in [0.2, 0.25) is 0 Å². The molecular formula is C25H26O4. The van der Waals surface area contributed by atoms with Crippen LogP contribution in [0.5, 0.6) is 5.75 Å². The maximum Gasteiger partial charge on any atom is 0.312 e. The van der Waals surface area contributed by atoms with E-state index in [4.69, 9.17) is 9.47 Å². The molecule has 0 N–H and O–H groups in total. The number of benzene rings is 2. The fraction of sp³-hybridized carbons (Fsp3) is 0.360. The third-order valence-electron chi connectivity index (χ3n) is 7.14. The molecule has 0 unspecified atom stereocenters. The molecule has 4 nitrogen and oxygen atoms in total. The summed E-state index contributed by atoms with van der Waals surface area (Å²) < 4.78 is 10.8. The Morgan fingerprint density at radius 3 is 2.14 bits per heavy atom. The van der Waals surface area contributed by atoms with Crippen molar-refractivity contribution < 1.29 is 19.1 Å². The van der Waals surface area contributed by atoms with Gasteiger partial charge in [-0.15, -0.1) is 0 Å². The van der Waals surface area contributed by atoms with E-state index in [-0.39, 0.29) is 11.8 Å². The van der Waals surface area contributed by atoms with Gasteiger partial charge in [0.25, 0.3) is 0 Å². The second kappa shape index (κ2) is 6.31. The molecule has 4 heteroatoms. The van der Waals surface area contributed by atoms with Gasteiger partial charge in [-0.25, -0.2) is 0 Å². The summed E-state index contributed by atoms with van der Waals surface area (Å²) in [5.41, 5.74) is 0.959. The van der Waals surface area contributed by atoms with Crippen molar-refractivity contribution >= 4 is 22.9 Å². The first kappa shape index (κ1) is 19.4. The van der Waals surface area contributed by atoms with Crippen molar-refractivity contribution in [3.63, 3.8) is 0 Å². The lowest BCUT2D eigenvalue weighted by Gasteiger charge is -2.42. The molecule has 0 heterocycles. The second-order valence-corrected chi connectivity index (χ2v) is 8.60. The molecule has 0 saturated heterocycles. The molecule has 2 aliphatic carbocycles. The Morgan fingerprint density at radius 2 is 1.52 bits per heavy atom. The minimum absolute atomic E-state index is 0.0673. The van der Waals surface area contributed by atoms with E-state index in [0.29, 0.717) is 6.42 Å². The van der Waals surface area contributed by atoms with Crippen LogP contribution in [0.3, 0.4) is 0 Å². The molecule has 2 bridgehead atoms. The van der Waals surface area contributed by atoms with Crippen LogP contribution in [0.1, 0.15) is 38.3 Å². The number of methoxy groups -OCH3 is 2. The lowest BCUT2D eigenvalue weighted by atomic mass is 9.59. The standard InChI is InChI=1S/C25H26O4/c1-23-15-24(2,22(27)29-5)25(3,21(23)26)19(16-11-7-6-8-12-16)20(23)17-13-9-10-14-18(17)28-4/h6-14H,15H2,1-5H3/t23-,24+,25+/m1/s1. The lowest BCUT2D eigenvalue weighted by molar-refractivity contribution is -0.157. The highest BCUT2D eigenvalue weighted by Gasteiger charge is 2.74. The van der Waals surface area contributed by atoms with Gasteiger partial charge in [0, 0.05) is 5.56 Å². The van der Waals surface area contributed by atoms with Crippen molar-refractivity contribution in [2.24, 2.45) is 16.2 Å².